The van der Waals surface area contributed by atoms with Crippen LogP contribution < -0.4 is 9.64 Å². The molecule has 0 N–H and O–H groups in total. The number of rotatable bonds is 7. The van der Waals surface area contributed by atoms with Crippen LogP contribution in [0.15, 0.2) is 12.1 Å². The predicted molar refractivity (Wildman–Crippen MR) is 109 cm³/mol. The highest BCUT2D eigenvalue weighted by Crippen LogP contribution is 2.31. The molecule has 154 valence electrons. The summed E-state index contributed by atoms with van der Waals surface area (Å²) in [6.07, 6.45) is -0.104. The summed E-state index contributed by atoms with van der Waals surface area (Å²) < 4.78 is 19.4. The van der Waals surface area contributed by atoms with E-state index in [1.54, 1.807) is 7.11 Å². The summed E-state index contributed by atoms with van der Waals surface area (Å²) >= 11 is 6.15. The van der Waals surface area contributed by atoms with Gasteiger partial charge in [-0.1, -0.05) is 11.6 Å². The molecule has 1 aliphatic rings. The van der Waals surface area contributed by atoms with Gasteiger partial charge in [0.2, 0.25) is 5.95 Å². The average Bonchev–Trinajstić information content (AvgIpc) is 3.06. The van der Waals surface area contributed by atoms with Crippen molar-refractivity contribution in [3.05, 3.63) is 34.1 Å². The van der Waals surface area contributed by atoms with Crippen molar-refractivity contribution in [1.29, 1.82) is 0 Å². The molecule has 0 saturated carbocycles. The zero-order valence-corrected chi connectivity index (χ0v) is 18.0. The molecule has 7 nitrogen and oxygen atoms in total. The Hall–Kier alpha value is -1.83. The van der Waals surface area contributed by atoms with E-state index in [4.69, 9.17) is 25.8 Å². The number of ether oxygens (including phenoxy) is 3. The van der Waals surface area contributed by atoms with E-state index in [1.165, 1.54) is 0 Å². The van der Waals surface area contributed by atoms with Crippen LogP contribution in [0.25, 0.3) is 0 Å². The van der Waals surface area contributed by atoms with Crippen LogP contribution in [0.5, 0.6) is 5.75 Å². The van der Waals surface area contributed by atoms with E-state index in [9.17, 15) is 0 Å². The second kappa shape index (κ2) is 9.11. The number of hydrogen-bond donors (Lipinski definition) is 0. The largest absolute Gasteiger partial charge is 0.482 e. The molecule has 0 radical (unpaired) electrons. The Morgan fingerprint density at radius 3 is 2.64 bits per heavy atom. The van der Waals surface area contributed by atoms with Gasteiger partial charge >= 0.3 is 0 Å². The molecule has 0 bridgehead atoms. The van der Waals surface area contributed by atoms with Gasteiger partial charge in [-0.2, -0.15) is 0 Å². The average molecular weight is 409 g/mol. The Kier molecular flexibility index (Phi) is 6.80. The van der Waals surface area contributed by atoms with E-state index in [0.717, 1.165) is 41.7 Å². The summed E-state index contributed by atoms with van der Waals surface area (Å²) in [5.74, 6) is 2.45. The molecule has 1 aromatic carbocycles. The van der Waals surface area contributed by atoms with Crippen molar-refractivity contribution in [2.75, 3.05) is 38.3 Å². The number of morpholine rings is 1. The molecule has 1 fully saturated rings. The van der Waals surface area contributed by atoms with E-state index < -0.39 is 0 Å². The van der Waals surface area contributed by atoms with Gasteiger partial charge < -0.3 is 19.1 Å². The summed E-state index contributed by atoms with van der Waals surface area (Å²) in [5, 5.41) is 9.65. The number of benzene rings is 1. The topological polar surface area (TPSA) is 61.6 Å². The Morgan fingerprint density at radius 2 is 2.00 bits per heavy atom. The summed E-state index contributed by atoms with van der Waals surface area (Å²) in [6, 6.07) is 3.82. The van der Waals surface area contributed by atoms with E-state index in [0.29, 0.717) is 24.8 Å². The van der Waals surface area contributed by atoms with Crippen molar-refractivity contribution in [3.63, 3.8) is 0 Å². The van der Waals surface area contributed by atoms with E-state index >= 15 is 0 Å². The maximum Gasteiger partial charge on any atom is 0.227 e. The molecule has 2 atom stereocenters. The first kappa shape index (κ1) is 20.9. The molecule has 0 unspecified atom stereocenters. The van der Waals surface area contributed by atoms with Crippen LogP contribution >= 0.6 is 11.6 Å². The molecule has 3 rings (SSSR count). The second-order valence-corrected chi connectivity index (χ2v) is 7.70. The summed E-state index contributed by atoms with van der Waals surface area (Å²) in [7, 11) is 1.70. The maximum absolute atomic E-state index is 6.29. The third-order valence-corrected chi connectivity index (χ3v) is 5.10. The van der Waals surface area contributed by atoms with Crippen molar-refractivity contribution < 1.29 is 14.2 Å². The van der Waals surface area contributed by atoms with Crippen LogP contribution in [0.1, 0.15) is 36.9 Å². The standard InChI is InChI=1S/C20H29ClN4O3/c1-13-10-17(21)11-14(2)18(13)28-16(4)19-22-23-20(25(19)7-8-26-5)24-6-9-27-15(3)12-24/h10-11,15-16H,6-9,12H2,1-5H3/t15-,16+/m0/s1. The highest BCUT2D eigenvalue weighted by atomic mass is 35.5. The molecule has 8 heteroatoms. The molecule has 1 saturated heterocycles. The summed E-state index contributed by atoms with van der Waals surface area (Å²) in [6.45, 7) is 11.6. The number of aromatic nitrogens is 3. The number of aryl methyl sites for hydroxylation is 2. The first-order valence-electron chi connectivity index (χ1n) is 9.62. The fourth-order valence-electron chi connectivity index (χ4n) is 3.55. The molecule has 2 aromatic rings. The minimum Gasteiger partial charge on any atom is -0.482 e. The molecule has 28 heavy (non-hydrogen) atoms. The predicted octanol–water partition coefficient (Wildman–Crippen LogP) is 3.56. The van der Waals surface area contributed by atoms with Crippen LogP contribution in [-0.4, -0.2) is 54.3 Å². The van der Waals surface area contributed by atoms with Gasteiger partial charge in [-0.25, -0.2) is 0 Å². The Labute approximate surface area is 171 Å². The van der Waals surface area contributed by atoms with Gasteiger partial charge in [0.15, 0.2) is 11.9 Å². The third kappa shape index (κ3) is 4.59. The Balaban J connectivity index is 1.88. The maximum atomic E-state index is 6.29. The first-order valence-corrected chi connectivity index (χ1v) is 10.0. The Morgan fingerprint density at radius 1 is 1.29 bits per heavy atom. The number of hydrogen-bond acceptors (Lipinski definition) is 6. The fourth-order valence-corrected chi connectivity index (χ4v) is 3.88. The highest BCUT2D eigenvalue weighted by molar-refractivity contribution is 6.30. The lowest BCUT2D eigenvalue weighted by atomic mass is 10.1. The van der Waals surface area contributed by atoms with Crippen LogP contribution in [0.2, 0.25) is 5.02 Å². The van der Waals surface area contributed by atoms with Crippen molar-refractivity contribution in [2.45, 2.75) is 46.4 Å². The van der Waals surface area contributed by atoms with Gasteiger partial charge in [0.25, 0.3) is 0 Å². The first-order chi connectivity index (χ1) is 13.4. The van der Waals surface area contributed by atoms with Gasteiger partial charge in [-0.05, 0) is 51.0 Å². The molecular weight excluding hydrogens is 380 g/mol. The minimum absolute atomic E-state index is 0.165. The van der Waals surface area contributed by atoms with E-state index in [-0.39, 0.29) is 12.2 Å². The second-order valence-electron chi connectivity index (χ2n) is 7.26. The van der Waals surface area contributed by atoms with Crippen LogP contribution in [-0.2, 0) is 16.0 Å². The molecule has 0 spiro atoms. The lowest BCUT2D eigenvalue weighted by Gasteiger charge is -2.32. The van der Waals surface area contributed by atoms with Gasteiger partial charge in [-0.15, -0.1) is 10.2 Å². The lowest BCUT2D eigenvalue weighted by molar-refractivity contribution is 0.0522. The fraction of sp³-hybridized carbons (Fsp3) is 0.600. The minimum atomic E-state index is -0.268. The third-order valence-electron chi connectivity index (χ3n) is 4.89. The number of halogens is 1. The van der Waals surface area contributed by atoms with Crippen LogP contribution in [0.4, 0.5) is 5.95 Å². The van der Waals surface area contributed by atoms with Gasteiger partial charge in [0, 0.05) is 25.2 Å². The van der Waals surface area contributed by atoms with Crippen molar-refractivity contribution in [3.8, 4) is 5.75 Å². The molecule has 1 aliphatic heterocycles. The van der Waals surface area contributed by atoms with Crippen LogP contribution in [0.3, 0.4) is 0 Å². The summed E-state index contributed by atoms with van der Waals surface area (Å²) in [4.78, 5) is 2.21. The Bertz CT molecular complexity index is 788. The van der Waals surface area contributed by atoms with E-state index in [2.05, 4.69) is 26.6 Å². The summed E-state index contributed by atoms with van der Waals surface area (Å²) in [5.41, 5.74) is 2.00. The van der Waals surface area contributed by atoms with Crippen molar-refractivity contribution in [1.82, 2.24) is 14.8 Å². The molecular formula is C20H29ClN4O3. The van der Waals surface area contributed by atoms with Crippen LogP contribution in [0, 0.1) is 13.8 Å². The molecule has 0 aliphatic carbocycles. The lowest BCUT2D eigenvalue weighted by Crippen LogP contribution is -2.42. The van der Waals surface area contributed by atoms with Gasteiger partial charge in [0.05, 0.1) is 25.9 Å². The zero-order valence-electron chi connectivity index (χ0n) is 17.2. The van der Waals surface area contributed by atoms with Crippen molar-refractivity contribution >= 4 is 17.5 Å². The quantitative estimate of drug-likeness (QED) is 0.698. The van der Waals surface area contributed by atoms with E-state index in [1.807, 2.05) is 32.9 Å². The molecule has 2 heterocycles. The normalized spacial score (nSPS) is 18.4. The monoisotopic (exact) mass is 408 g/mol. The number of anilines is 1. The SMILES string of the molecule is COCCn1c([C@@H](C)Oc2c(C)cc(Cl)cc2C)nnc1N1CCO[C@@H](C)C1. The highest BCUT2D eigenvalue weighted by Gasteiger charge is 2.26. The van der Waals surface area contributed by atoms with Gasteiger partial charge in [-0.3, -0.25) is 4.57 Å². The zero-order chi connectivity index (χ0) is 20.3. The van der Waals surface area contributed by atoms with Crippen molar-refractivity contribution in [2.24, 2.45) is 0 Å². The smallest absolute Gasteiger partial charge is 0.227 e. The molecule has 1 aromatic heterocycles. The van der Waals surface area contributed by atoms with Gasteiger partial charge in [0.1, 0.15) is 5.75 Å². The number of nitrogens with zero attached hydrogens (tertiary/aromatic N) is 4. The number of methoxy groups -OCH3 is 1. The molecule has 0 amide bonds.